The quantitative estimate of drug-likeness (QED) is 0.858. The van der Waals surface area contributed by atoms with E-state index < -0.39 is 11.8 Å². The van der Waals surface area contributed by atoms with Crippen LogP contribution in [-0.4, -0.2) is 20.6 Å². The highest BCUT2D eigenvalue weighted by atomic mass is 19.1. The molecular weight excluding hydrogens is 263 g/mol. The molecule has 5 nitrogen and oxygen atoms in total. The van der Waals surface area contributed by atoms with Crippen molar-refractivity contribution in [1.82, 2.24) is 9.55 Å². The summed E-state index contributed by atoms with van der Waals surface area (Å²) in [4.78, 5) is 25.8. The van der Waals surface area contributed by atoms with Gasteiger partial charge in [-0.15, -0.1) is 0 Å². The summed E-state index contributed by atoms with van der Waals surface area (Å²) in [6, 6.07) is 5.43. The summed E-state index contributed by atoms with van der Waals surface area (Å²) >= 11 is 0. The molecule has 1 N–H and O–H groups in total. The van der Waals surface area contributed by atoms with Crippen LogP contribution in [-0.2, 0) is 11.3 Å². The molecule has 0 aliphatic heterocycles. The summed E-state index contributed by atoms with van der Waals surface area (Å²) in [6.07, 6.45) is 4.96. The second-order valence-corrected chi connectivity index (χ2v) is 4.11. The minimum absolute atomic E-state index is 0.165. The Kier molecular flexibility index (Phi) is 4.05. The van der Waals surface area contributed by atoms with Crippen LogP contribution in [0.4, 0.5) is 4.39 Å². The van der Waals surface area contributed by atoms with E-state index in [9.17, 15) is 14.0 Å². The van der Waals surface area contributed by atoms with Crippen LogP contribution in [0.2, 0.25) is 0 Å². The van der Waals surface area contributed by atoms with E-state index in [1.165, 1.54) is 41.4 Å². The fourth-order valence-corrected chi connectivity index (χ4v) is 1.72. The van der Waals surface area contributed by atoms with E-state index in [0.717, 1.165) is 6.08 Å². The van der Waals surface area contributed by atoms with E-state index in [2.05, 4.69) is 4.98 Å². The summed E-state index contributed by atoms with van der Waals surface area (Å²) in [5, 5.41) is 8.55. The number of carbonyl (C=O) groups is 1. The number of halogens is 1. The van der Waals surface area contributed by atoms with E-state index >= 15 is 0 Å². The van der Waals surface area contributed by atoms with Crippen molar-refractivity contribution in [3.8, 4) is 0 Å². The van der Waals surface area contributed by atoms with Crippen LogP contribution in [0.1, 0.15) is 11.1 Å². The molecule has 0 spiro atoms. The monoisotopic (exact) mass is 274 g/mol. The molecule has 0 bridgehead atoms. The van der Waals surface area contributed by atoms with Gasteiger partial charge in [-0.25, -0.2) is 14.2 Å². The standard InChI is InChI=1S/C14H11FN2O3/c15-12-6-10(1-2-14(19)20)5-11(7-12)8-17-9-16-4-3-13(17)18/h1-7,9H,8H2,(H,19,20). The SMILES string of the molecule is O=C(O)C=Cc1cc(F)cc(Cn2cnccc2=O)c1. The first-order valence-electron chi connectivity index (χ1n) is 5.75. The van der Waals surface area contributed by atoms with Crippen molar-refractivity contribution in [2.24, 2.45) is 0 Å². The summed E-state index contributed by atoms with van der Waals surface area (Å²) in [7, 11) is 0. The zero-order chi connectivity index (χ0) is 14.5. The Morgan fingerprint density at radius 2 is 2.20 bits per heavy atom. The van der Waals surface area contributed by atoms with Gasteiger partial charge in [0.25, 0.3) is 5.56 Å². The van der Waals surface area contributed by atoms with Crippen LogP contribution < -0.4 is 5.56 Å². The van der Waals surface area contributed by atoms with Gasteiger partial charge in [0.05, 0.1) is 12.9 Å². The van der Waals surface area contributed by atoms with Crippen LogP contribution in [0.3, 0.4) is 0 Å². The molecule has 2 aromatic rings. The van der Waals surface area contributed by atoms with E-state index in [1.807, 2.05) is 0 Å². The average molecular weight is 274 g/mol. The third-order valence-corrected chi connectivity index (χ3v) is 2.54. The maximum Gasteiger partial charge on any atom is 0.328 e. The number of aromatic nitrogens is 2. The zero-order valence-electron chi connectivity index (χ0n) is 10.4. The number of rotatable bonds is 4. The molecule has 0 fully saturated rings. The van der Waals surface area contributed by atoms with Gasteiger partial charge in [-0.3, -0.25) is 9.36 Å². The maximum atomic E-state index is 13.5. The summed E-state index contributed by atoms with van der Waals surface area (Å²) < 4.78 is 14.8. The Morgan fingerprint density at radius 3 is 2.90 bits per heavy atom. The molecule has 1 aromatic heterocycles. The number of benzene rings is 1. The van der Waals surface area contributed by atoms with Crippen molar-refractivity contribution in [3.05, 3.63) is 70.2 Å². The molecule has 0 atom stereocenters. The molecule has 0 amide bonds. The van der Waals surface area contributed by atoms with Crippen LogP contribution >= 0.6 is 0 Å². The van der Waals surface area contributed by atoms with Crippen molar-refractivity contribution in [2.45, 2.75) is 6.54 Å². The summed E-state index contributed by atoms with van der Waals surface area (Å²) in [5.74, 6) is -1.61. The van der Waals surface area contributed by atoms with E-state index in [4.69, 9.17) is 5.11 Å². The first kappa shape index (κ1) is 13.7. The van der Waals surface area contributed by atoms with E-state index in [-0.39, 0.29) is 12.1 Å². The van der Waals surface area contributed by atoms with Gasteiger partial charge in [-0.2, -0.15) is 0 Å². The fourth-order valence-electron chi connectivity index (χ4n) is 1.72. The first-order valence-corrected chi connectivity index (χ1v) is 5.75. The van der Waals surface area contributed by atoms with Crippen molar-refractivity contribution < 1.29 is 14.3 Å². The average Bonchev–Trinajstić information content (AvgIpc) is 2.38. The Labute approximate surface area is 113 Å². The minimum Gasteiger partial charge on any atom is -0.478 e. The largest absolute Gasteiger partial charge is 0.478 e. The molecule has 20 heavy (non-hydrogen) atoms. The molecule has 0 radical (unpaired) electrons. The van der Waals surface area contributed by atoms with Crippen molar-refractivity contribution in [1.29, 1.82) is 0 Å². The molecule has 1 aromatic carbocycles. The predicted molar refractivity (Wildman–Crippen MR) is 70.7 cm³/mol. The molecular formula is C14H11FN2O3. The Balaban J connectivity index is 2.31. The third kappa shape index (κ3) is 3.61. The predicted octanol–water partition coefficient (Wildman–Crippen LogP) is 1.53. The molecule has 0 aliphatic rings. The van der Waals surface area contributed by atoms with Crippen LogP contribution in [0.5, 0.6) is 0 Å². The minimum atomic E-state index is -1.11. The number of hydrogen-bond acceptors (Lipinski definition) is 3. The number of carboxylic acid groups (broad SMARTS) is 1. The van der Waals surface area contributed by atoms with Gasteiger partial charge in [0.15, 0.2) is 0 Å². The Hall–Kier alpha value is -2.76. The second kappa shape index (κ2) is 5.92. The van der Waals surface area contributed by atoms with Gasteiger partial charge >= 0.3 is 5.97 Å². The molecule has 0 unspecified atom stereocenters. The van der Waals surface area contributed by atoms with Crippen LogP contribution in [0, 0.1) is 5.82 Å². The normalized spacial score (nSPS) is 10.8. The topological polar surface area (TPSA) is 72.2 Å². The van der Waals surface area contributed by atoms with E-state index in [0.29, 0.717) is 11.1 Å². The number of aliphatic carboxylic acids is 1. The highest BCUT2D eigenvalue weighted by molar-refractivity contribution is 5.85. The molecule has 6 heteroatoms. The van der Waals surface area contributed by atoms with Gasteiger partial charge < -0.3 is 5.11 Å². The Bertz CT molecular complexity index is 722. The molecule has 0 aliphatic carbocycles. The maximum absolute atomic E-state index is 13.5. The second-order valence-electron chi connectivity index (χ2n) is 4.11. The summed E-state index contributed by atoms with van der Waals surface area (Å²) in [5.41, 5.74) is 0.719. The Morgan fingerprint density at radius 1 is 1.40 bits per heavy atom. The zero-order valence-corrected chi connectivity index (χ0v) is 10.4. The lowest BCUT2D eigenvalue weighted by atomic mass is 10.1. The highest BCUT2D eigenvalue weighted by Gasteiger charge is 2.02. The van der Waals surface area contributed by atoms with Gasteiger partial charge in [0.2, 0.25) is 0 Å². The molecule has 2 rings (SSSR count). The van der Waals surface area contributed by atoms with E-state index in [1.54, 1.807) is 6.07 Å². The molecule has 0 saturated carbocycles. The lowest BCUT2D eigenvalue weighted by Crippen LogP contribution is -2.19. The third-order valence-electron chi connectivity index (χ3n) is 2.54. The molecule has 102 valence electrons. The fraction of sp³-hybridized carbons (Fsp3) is 0.0714. The van der Waals surface area contributed by atoms with Crippen molar-refractivity contribution in [3.63, 3.8) is 0 Å². The van der Waals surface area contributed by atoms with Crippen LogP contribution in [0.25, 0.3) is 6.08 Å². The molecule has 0 saturated heterocycles. The van der Waals surface area contributed by atoms with Crippen LogP contribution in [0.15, 0.2) is 47.7 Å². The lowest BCUT2D eigenvalue weighted by molar-refractivity contribution is -0.131. The van der Waals surface area contributed by atoms with Gasteiger partial charge in [0.1, 0.15) is 5.82 Å². The van der Waals surface area contributed by atoms with Crippen molar-refractivity contribution >= 4 is 12.0 Å². The number of nitrogens with zero attached hydrogens (tertiary/aromatic N) is 2. The lowest BCUT2D eigenvalue weighted by Gasteiger charge is -2.06. The number of hydrogen-bond donors (Lipinski definition) is 1. The summed E-state index contributed by atoms with van der Waals surface area (Å²) in [6.45, 7) is 0.165. The van der Waals surface area contributed by atoms with Gasteiger partial charge in [-0.05, 0) is 35.4 Å². The van der Waals surface area contributed by atoms with Crippen molar-refractivity contribution in [2.75, 3.05) is 0 Å². The van der Waals surface area contributed by atoms with Gasteiger partial charge in [-0.1, -0.05) is 0 Å². The van der Waals surface area contributed by atoms with Gasteiger partial charge in [0, 0.05) is 18.3 Å². The first-order chi connectivity index (χ1) is 9.54. The smallest absolute Gasteiger partial charge is 0.328 e. The number of carboxylic acids is 1. The highest BCUT2D eigenvalue weighted by Crippen LogP contribution is 2.11. The molecule has 1 heterocycles.